The summed E-state index contributed by atoms with van der Waals surface area (Å²) >= 11 is 0. The van der Waals surface area contributed by atoms with Gasteiger partial charge in [0.2, 0.25) is 0 Å². The van der Waals surface area contributed by atoms with Gasteiger partial charge in [0.05, 0.1) is 24.8 Å². The number of ether oxygens (including phenoxy) is 1. The molecule has 0 saturated carbocycles. The molecule has 0 aromatic carbocycles. The van der Waals surface area contributed by atoms with E-state index in [1.807, 2.05) is 11.9 Å². The summed E-state index contributed by atoms with van der Waals surface area (Å²) in [6.07, 6.45) is 3.05. The Kier molecular flexibility index (Phi) is 3.51. The van der Waals surface area contributed by atoms with Gasteiger partial charge in [-0.25, -0.2) is 0 Å². The maximum absolute atomic E-state index is 8.43. The van der Waals surface area contributed by atoms with Crippen LogP contribution in [-0.2, 0) is 4.74 Å². The molecule has 3 heteroatoms. The average molecular weight is 168 g/mol. The highest BCUT2D eigenvalue weighted by atomic mass is 16.5. The third kappa shape index (κ3) is 2.80. The quantitative estimate of drug-likeness (QED) is 0.590. The van der Waals surface area contributed by atoms with E-state index in [1.54, 1.807) is 0 Å². The fourth-order valence-corrected chi connectivity index (χ4v) is 1.55. The van der Waals surface area contributed by atoms with E-state index in [-0.39, 0.29) is 0 Å². The zero-order valence-corrected chi connectivity index (χ0v) is 7.79. The van der Waals surface area contributed by atoms with Gasteiger partial charge >= 0.3 is 0 Å². The Hall–Kier alpha value is -0.590. The number of nitriles is 1. The molecule has 1 fully saturated rings. The molecule has 1 aliphatic heterocycles. The highest BCUT2D eigenvalue weighted by molar-refractivity contribution is 4.78. The average Bonchev–Trinajstić information content (AvgIpc) is 2.36. The van der Waals surface area contributed by atoms with Crippen molar-refractivity contribution in [3.63, 3.8) is 0 Å². The molecule has 0 aromatic heterocycles. The molecule has 2 unspecified atom stereocenters. The van der Waals surface area contributed by atoms with Gasteiger partial charge in [-0.15, -0.1) is 0 Å². The van der Waals surface area contributed by atoms with Crippen molar-refractivity contribution < 1.29 is 4.74 Å². The van der Waals surface area contributed by atoms with E-state index in [0.29, 0.717) is 18.8 Å². The van der Waals surface area contributed by atoms with Gasteiger partial charge in [0.25, 0.3) is 0 Å². The molecular weight excluding hydrogens is 152 g/mol. The van der Waals surface area contributed by atoms with Crippen LogP contribution in [0.2, 0.25) is 0 Å². The van der Waals surface area contributed by atoms with Crippen LogP contribution in [0, 0.1) is 11.3 Å². The molecule has 1 aliphatic rings. The monoisotopic (exact) mass is 168 g/mol. The number of likely N-dealkylation sites (N-methyl/N-ethyl adjacent to an activating group) is 1. The van der Waals surface area contributed by atoms with Gasteiger partial charge in [-0.1, -0.05) is 0 Å². The van der Waals surface area contributed by atoms with Crippen molar-refractivity contribution in [2.45, 2.75) is 32.0 Å². The molecule has 12 heavy (non-hydrogen) atoms. The normalized spacial score (nSPS) is 29.2. The molecule has 0 aliphatic carbocycles. The van der Waals surface area contributed by atoms with Crippen LogP contribution in [0.1, 0.15) is 19.8 Å². The molecule has 0 bridgehead atoms. The van der Waals surface area contributed by atoms with Crippen molar-refractivity contribution in [3.05, 3.63) is 0 Å². The van der Waals surface area contributed by atoms with Crippen LogP contribution >= 0.6 is 0 Å². The highest BCUT2D eigenvalue weighted by Gasteiger charge is 2.22. The minimum Gasteiger partial charge on any atom is -0.374 e. The van der Waals surface area contributed by atoms with Crippen LogP contribution < -0.4 is 0 Å². The fourth-order valence-electron chi connectivity index (χ4n) is 1.55. The summed E-state index contributed by atoms with van der Waals surface area (Å²) in [7, 11) is 1.95. The second-order valence-electron chi connectivity index (χ2n) is 3.50. The molecule has 0 radical (unpaired) electrons. The van der Waals surface area contributed by atoms with E-state index in [0.717, 1.165) is 19.4 Å². The van der Waals surface area contributed by atoms with Gasteiger partial charge in [-0.2, -0.15) is 5.26 Å². The SMILES string of the molecule is CC1CCC(CN(C)CC#N)O1. The molecule has 0 aromatic rings. The lowest BCUT2D eigenvalue weighted by atomic mass is 10.2. The van der Waals surface area contributed by atoms with Crippen molar-refractivity contribution in [2.24, 2.45) is 0 Å². The molecule has 1 heterocycles. The zero-order chi connectivity index (χ0) is 8.97. The van der Waals surface area contributed by atoms with E-state index < -0.39 is 0 Å². The van der Waals surface area contributed by atoms with E-state index >= 15 is 0 Å². The van der Waals surface area contributed by atoms with Crippen molar-refractivity contribution in [1.82, 2.24) is 4.90 Å². The van der Waals surface area contributed by atoms with Gasteiger partial charge < -0.3 is 4.74 Å². The van der Waals surface area contributed by atoms with Crippen LogP contribution in [0.5, 0.6) is 0 Å². The van der Waals surface area contributed by atoms with Gasteiger partial charge in [-0.05, 0) is 26.8 Å². The Bertz CT molecular complexity index is 176. The van der Waals surface area contributed by atoms with Crippen LogP contribution in [0.4, 0.5) is 0 Å². The van der Waals surface area contributed by atoms with Crippen LogP contribution in [0.15, 0.2) is 0 Å². The standard InChI is InChI=1S/C9H16N2O/c1-8-3-4-9(12-8)7-11(2)6-5-10/h8-9H,3-4,6-7H2,1-2H3. The first-order valence-electron chi connectivity index (χ1n) is 4.43. The Labute approximate surface area is 73.9 Å². The summed E-state index contributed by atoms with van der Waals surface area (Å²) < 4.78 is 5.63. The predicted octanol–water partition coefficient (Wildman–Crippen LogP) is 1.01. The molecular formula is C9H16N2O. The molecule has 3 nitrogen and oxygen atoms in total. The van der Waals surface area contributed by atoms with Crippen LogP contribution in [-0.4, -0.2) is 37.2 Å². The first-order valence-corrected chi connectivity index (χ1v) is 4.43. The Morgan fingerprint density at radius 2 is 2.33 bits per heavy atom. The smallest absolute Gasteiger partial charge is 0.0864 e. The summed E-state index contributed by atoms with van der Waals surface area (Å²) in [5.41, 5.74) is 0. The molecule has 1 saturated heterocycles. The first kappa shape index (κ1) is 9.50. The van der Waals surface area contributed by atoms with E-state index in [9.17, 15) is 0 Å². The second-order valence-corrected chi connectivity index (χ2v) is 3.50. The first-order chi connectivity index (χ1) is 5.72. The van der Waals surface area contributed by atoms with Gasteiger partial charge in [0.15, 0.2) is 0 Å². The second kappa shape index (κ2) is 4.44. The third-order valence-electron chi connectivity index (χ3n) is 2.18. The lowest BCUT2D eigenvalue weighted by molar-refractivity contribution is 0.0387. The molecule has 68 valence electrons. The van der Waals surface area contributed by atoms with Crippen LogP contribution in [0.25, 0.3) is 0 Å². The number of rotatable bonds is 3. The lowest BCUT2D eigenvalue weighted by Crippen LogP contribution is -2.29. The largest absolute Gasteiger partial charge is 0.374 e. The van der Waals surface area contributed by atoms with Gasteiger partial charge in [0.1, 0.15) is 0 Å². The minimum atomic E-state index is 0.346. The summed E-state index contributed by atoms with van der Waals surface area (Å²) in [5.74, 6) is 0. The Morgan fingerprint density at radius 3 is 2.83 bits per heavy atom. The minimum absolute atomic E-state index is 0.346. The van der Waals surface area contributed by atoms with E-state index in [1.165, 1.54) is 0 Å². The van der Waals surface area contributed by atoms with Gasteiger partial charge in [-0.3, -0.25) is 4.90 Å². The zero-order valence-electron chi connectivity index (χ0n) is 7.79. The molecule has 1 rings (SSSR count). The number of hydrogen-bond donors (Lipinski definition) is 0. The Balaban J connectivity index is 2.19. The topological polar surface area (TPSA) is 36.3 Å². The van der Waals surface area contributed by atoms with Gasteiger partial charge in [0, 0.05) is 6.54 Å². The summed E-state index contributed by atoms with van der Waals surface area (Å²) in [6.45, 7) is 3.48. The lowest BCUT2D eigenvalue weighted by Gasteiger charge is -2.17. The highest BCUT2D eigenvalue weighted by Crippen LogP contribution is 2.19. The number of hydrogen-bond acceptors (Lipinski definition) is 3. The predicted molar refractivity (Wildman–Crippen MR) is 46.7 cm³/mol. The van der Waals surface area contributed by atoms with Crippen molar-refractivity contribution in [3.8, 4) is 6.07 Å². The van der Waals surface area contributed by atoms with E-state index in [2.05, 4.69) is 13.0 Å². The summed E-state index contributed by atoms with van der Waals surface area (Å²) in [4.78, 5) is 2.00. The van der Waals surface area contributed by atoms with Crippen molar-refractivity contribution in [2.75, 3.05) is 20.1 Å². The summed E-state index contributed by atoms with van der Waals surface area (Å²) in [6, 6.07) is 2.12. The van der Waals surface area contributed by atoms with Crippen molar-refractivity contribution in [1.29, 1.82) is 5.26 Å². The maximum Gasteiger partial charge on any atom is 0.0864 e. The van der Waals surface area contributed by atoms with Crippen molar-refractivity contribution >= 4 is 0 Å². The molecule has 0 amide bonds. The maximum atomic E-state index is 8.43. The summed E-state index contributed by atoms with van der Waals surface area (Å²) in [5, 5.41) is 8.43. The number of nitrogens with zero attached hydrogens (tertiary/aromatic N) is 2. The molecule has 2 atom stereocenters. The Morgan fingerprint density at radius 1 is 1.58 bits per heavy atom. The fraction of sp³-hybridized carbons (Fsp3) is 0.889. The molecule has 0 N–H and O–H groups in total. The third-order valence-corrected chi connectivity index (χ3v) is 2.18. The van der Waals surface area contributed by atoms with E-state index in [4.69, 9.17) is 10.00 Å². The van der Waals surface area contributed by atoms with Crippen LogP contribution in [0.3, 0.4) is 0 Å². The molecule has 0 spiro atoms.